The number of thiophene rings is 1. The molecule has 23 heavy (non-hydrogen) atoms. The Labute approximate surface area is 139 Å². The van der Waals surface area contributed by atoms with E-state index in [4.69, 9.17) is 0 Å². The third-order valence-corrected chi connectivity index (χ3v) is 5.10. The molecular formula is C20H15N2S. The zero-order valence-electron chi connectivity index (χ0n) is 12.8. The Morgan fingerprint density at radius 1 is 1.09 bits per heavy atom. The number of aryl methyl sites for hydroxylation is 1. The highest BCUT2D eigenvalue weighted by Gasteiger charge is 2.12. The van der Waals surface area contributed by atoms with Gasteiger partial charge in [0.05, 0.1) is 6.20 Å². The summed E-state index contributed by atoms with van der Waals surface area (Å²) in [5.41, 5.74) is 5.96. The first-order chi connectivity index (χ1) is 11.3. The van der Waals surface area contributed by atoms with Gasteiger partial charge in [0.1, 0.15) is 0 Å². The lowest BCUT2D eigenvalue weighted by atomic mass is 10.0. The topological polar surface area (TPSA) is 25.8 Å². The molecule has 4 rings (SSSR count). The van der Waals surface area contributed by atoms with E-state index in [0.29, 0.717) is 0 Å². The minimum absolute atomic E-state index is 0.805. The zero-order valence-corrected chi connectivity index (χ0v) is 13.6. The van der Waals surface area contributed by atoms with Crippen molar-refractivity contribution < 1.29 is 0 Å². The van der Waals surface area contributed by atoms with Crippen LogP contribution in [0.5, 0.6) is 0 Å². The lowest BCUT2D eigenvalue weighted by Gasteiger charge is -2.06. The monoisotopic (exact) mass is 315 g/mol. The van der Waals surface area contributed by atoms with Crippen LogP contribution in [0.3, 0.4) is 0 Å². The molecule has 3 heterocycles. The summed E-state index contributed by atoms with van der Waals surface area (Å²) in [5.74, 6) is 0. The van der Waals surface area contributed by atoms with Crippen molar-refractivity contribution in [3.63, 3.8) is 0 Å². The van der Waals surface area contributed by atoms with Crippen molar-refractivity contribution in [1.29, 1.82) is 0 Å². The van der Waals surface area contributed by atoms with E-state index >= 15 is 0 Å². The summed E-state index contributed by atoms with van der Waals surface area (Å²) >= 11 is 1.76. The highest BCUT2D eigenvalue weighted by molar-refractivity contribution is 7.18. The molecule has 1 aromatic carbocycles. The third-order valence-electron chi connectivity index (χ3n) is 4.04. The molecule has 2 nitrogen and oxygen atoms in total. The lowest BCUT2D eigenvalue weighted by Crippen LogP contribution is -1.96. The second-order valence-corrected chi connectivity index (χ2v) is 6.44. The van der Waals surface area contributed by atoms with Crippen LogP contribution >= 0.6 is 11.3 Å². The first kappa shape index (κ1) is 14.1. The molecule has 3 aromatic heterocycles. The Hall–Kier alpha value is -2.52. The predicted octanol–water partition coefficient (Wildman–Crippen LogP) is 5.06. The molecule has 0 aliphatic carbocycles. The minimum Gasteiger partial charge on any atom is -0.261 e. The summed E-state index contributed by atoms with van der Waals surface area (Å²) in [7, 11) is 0. The molecule has 0 bridgehead atoms. The molecule has 0 saturated carbocycles. The van der Waals surface area contributed by atoms with Crippen LogP contribution in [-0.4, -0.2) is 9.97 Å². The highest BCUT2D eigenvalue weighted by atomic mass is 32.1. The van der Waals surface area contributed by atoms with Gasteiger partial charge in [-0.3, -0.25) is 9.97 Å². The van der Waals surface area contributed by atoms with E-state index in [9.17, 15) is 0 Å². The van der Waals surface area contributed by atoms with Crippen LogP contribution in [0, 0.1) is 13.1 Å². The zero-order chi connectivity index (χ0) is 15.6. The van der Waals surface area contributed by atoms with Gasteiger partial charge in [-0.05, 0) is 35.1 Å². The van der Waals surface area contributed by atoms with Gasteiger partial charge in [0, 0.05) is 40.2 Å². The summed E-state index contributed by atoms with van der Waals surface area (Å²) in [4.78, 5) is 8.86. The summed E-state index contributed by atoms with van der Waals surface area (Å²) in [6.07, 6.45) is 7.76. The molecule has 3 heteroatoms. The van der Waals surface area contributed by atoms with E-state index in [1.54, 1.807) is 11.3 Å². The number of benzene rings is 1. The molecule has 4 aromatic rings. The van der Waals surface area contributed by atoms with Crippen LogP contribution in [0.4, 0.5) is 0 Å². The number of fused-ring (bicyclic) bond motifs is 1. The van der Waals surface area contributed by atoms with Crippen LogP contribution in [0.15, 0.2) is 60.2 Å². The van der Waals surface area contributed by atoms with Gasteiger partial charge >= 0.3 is 0 Å². The van der Waals surface area contributed by atoms with Gasteiger partial charge in [-0.2, -0.15) is 0 Å². The van der Waals surface area contributed by atoms with Crippen LogP contribution in [0.25, 0.3) is 21.2 Å². The van der Waals surface area contributed by atoms with Crippen LogP contribution < -0.4 is 0 Å². The SMILES string of the molecule is Cc1cccnc1Cc1cn[c]c2c(-c3ccccc3)csc12. The quantitative estimate of drug-likeness (QED) is 0.528. The van der Waals surface area contributed by atoms with Gasteiger partial charge < -0.3 is 0 Å². The minimum atomic E-state index is 0.805. The van der Waals surface area contributed by atoms with Crippen molar-refractivity contribution in [2.24, 2.45) is 0 Å². The maximum atomic E-state index is 4.51. The van der Waals surface area contributed by atoms with Crippen molar-refractivity contribution >= 4 is 21.4 Å². The Morgan fingerprint density at radius 3 is 2.78 bits per heavy atom. The van der Waals surface area contributed by atoms with Gasteiger partial charge in [0.2, 0.25) is 0 Å². The Morgan fingerprint density at radius 2 is 1.96 bits per heavy atom. The van der Waals surface area contributed by atoms with Crippen LogP contribution in [0.2, 0.25) is 0 Å². The first-order valence-corrected chi connectivity index (χ1v) is 8.43. The van der Waals surface area contributed by atoms with E-state index in [2.05, 4.69) is 58.8 Å². The van der Waals surface area contributed by atoms with E-state index < -0.39 is 0 Å². The van der Waals surface area contributed by atoms with Gasteiger partial charge in [-0.25, -0.2) is 0 Å². The van der Waals surface area contributed by atoms with Gasteiger partial charge in [0.25, 0.3) is 0 Å². The summed E-state index contributed by atoms with van der Waals surface area (Å²) in [6.45, 7) is 2.10. The van der Waals surface area contributed by atoms with Gasteiger partial charge in [-0.15, -0.1) is 11.3 Å². The number of pyridine rings is 2. The van der Waals surface area contributed by atoms with Crippen LogP contribution in [-0.2, 0) is 6.42 Å². The molecule has 0 unspecified atom stereocenters. The molecule has 0 atom stereocenters. The lowest BCUT2D eigenvalue weighted by molar-refractivity contribution is 1.04. The molecule has 0 saturated heterocycles. The smallest absolute Gasteiger partial charge is 0.0986 e. The van der Waals surface area contributed by atoms with E-state index in [0.717, 1.165) is 17.5 Å². The van der Waals surface area contributed by atoms with Crippen molar-refractivity contribution in [2.45, 2.75) is 13.3 Å². The highest BCUT2D eigenvalue weighted by Crippen LogP contribution is 2.35. The molecule has 111 valence electrons. The molecule has 0 spiro atoms. The fourth-order valence-electron chi connectivity index (χ4n) is 2.78. The third kappa shape index (κ3) is 2.64. The molecular weight excluding hydrogens is 300 g/mol. The van der Waals surface area contributed by atoms with Crippen molar-refractivity contribution in [2.75, 3.05) is 0 Å². The van der Waals surface area contributed by atoms with Gasteiger partial charge in [0.15, 0.2) is 0 Å². The largest absolute Gasteiger partial charge is 0.261 e. The molecule has 0 aliphatic rings. The fraction of sp³-hybridized carbons (Fsp3) is 0.100. The molecule has 0 N–H and O–H groups in total. The molecule has 1 radical (unpaired) electrons. The standard InChI is InChI=1S/C20H15N2S/c1-14-6-5-9-22-19(14)10-16-11-21-12-17-18(13-23-20(16)17)15-7-3-2-4-8-15/h2-9,11,13H,10H2,1H3. The Kier molecular flexibility index (Phi) is 3.64. The summed E-state index contributed by atoms with van der Waals surface area (Å²) < 4.78 is 1.25. The van der Waals surface area contributed by atoms with Crippen molar-refractivity contribution in [3.05, 3.63) is 83.3 Å². The number of hydrogen-bond donors (Lipinski definition) is 0. The Balaban J connectivity index is 1.81. The van der Waals surface area contributed by atoms with Gasteiger partial charge in [-0.1, -0.05) is 36.4 Å². The first-order valence-electron chi connectivity index (χ1n) is 7.55. The number of nitrogens with zero attached hydrogens (tertiary/aromatic N) is 2. The maximum absolute atomic E-state index is 4.51. The maximum Gasteiger partial charge on any atom is 0.0986 e. The average molecular weight is 315 g/mol. The summed E-state index contributed by atoms with van der Waals surface area (Å²) in [6, 6.07) is 14.5. The number of rotatable bonds is 3. The van der Waals surface area contributed by atoms with Crippen molar-refractivity contribution in [3.8, 4) is 11.1 Å². The predicted molar refractivity (Wildman–Crippen MR) is 95.7 cm³/mol. The average Bonchev–Trinajstić information content (AvgIpc) is 3.03. The normalized spacial score (nSPS) is 11.0. The van der Waals surface area contributed by atoms with Crippen molar-refractivity contribution in [1.82, 2.24) is 9.97 Å². The Bertz CT molecular complexity index is 958. The van der Waals surface area contributed by atoms with E-state index in [1.807, 2.05) is 24.5 Å². The summed E-state index contributed by atoms with van der Waals surface area (Å²) in [5, 5.41) is 3.31. The molecule has 0 aliphatic heterocycles. The van der Waals surface area contributed by atoms with E-state index in [1.165, 1.54) is 27.0 Å². The number of hydrogen-bond acceptors (Lipinski definition) is 3. The van der Waals surface area contributed by atoms with E-state index in [-0.39, 0.29) is 0 Å². The second-order valence-electron chi connectivity index (χ2n) is 5.56. The van der Waals surface area contributed by atoms with Crippen LogP contribution in [0.1, 0.15) is 16.8 Å². The number of aromatic nitrogens is 2. The molecule has 0 fully saturated rings. The fourth-order valence-corrected chi connectivity index (χ4v) is 3.82. The second kappa shape index (κ2) is 5.94. The molecule has 0 amide bonds.